The molecule has 2 aliphatic heterocycles. The van der Waals surface area contributed by atoms with E-state index in [4.69, 9.17) is 9.47 Å². The van der Waals surface area contributed by atoms with E-state index in [1.807, 2.05) is 19.2 Å². The van der Waals surface area contributed by atoms with Gasteiger partial charge in [0, 0.05) is 42.8 Å². The van der Waals surface area contributed by atoms with E-state index in [0.29, 0.717) is 19.1 Å². The van der Waals surface area contributed by atoms with E-state index in [2.05, 4.69) is 55.4 Å². The van der Waals surface area contributed by atoms with Gasteiger partial charge in [-0.25, -0.2) is 15.0 Å². The molecule has 2 aliphatic rings. The maximum absolute atomic E-state index is 5.75. The number of likely N-dealkylation sites (N-methyl/N-ethyl adjacent to an activating group) is 1. The predicted octanol–water partition coefficient (Wildman–Crippen LogP) is 4.07. The van der Waals surface area contributed by atoms with Gasteiger partial charge in [0.25, 0.3) is 0 Å². The van der Waals surface area contributed by atoms with Crippen molar-refractivity contribution in [1.82, 2.24) is 24.8 Å². The minimum atomic E-state index is 0.289. The molecule has 0 bridgehead atoms. The number of fused-ring (bicyclic) bond motifs is 1. The van der Waals surface area contributed by atoms with Crippen LogP contribution in [0.15, 0.2) is 42.2 Å². The van der Waals surface area contributed by atoms with Crippen LogP contribution in [0.4, 0.5) is 0 Å². The zero-order valence-electron chi connectivity index (χ0n) is 19.3. The third kappa shape index (κ3) is 5.34. The van der Waals surface area contributed by atoms with E-state index in [-0.39, 0.29) is 6.04 Å². The third-order valence-corrected chi connectivity index (χ3v) is 7.45. The van der Waals surface area contributed by atoms with Crippen molar-refractivity contribution in [3.63, 3.8) is 0 Å². The van der Waals surface area contributed by atoms with Crippen LogP contribution in [0.2, 0.25) is 0 Å². The van der Waals surface area contributed by atoms with Crippen LogP contribution in [-0.2, 0) is 6.54 Å². The number of benzene rings is 1. The van der Waals surface area contributed by atoms with Gasteiger partial charge in [-0.1, -0.05) is 6.07 Å². The molecule has 0 radical (unpaired) electrons. The standard InChI is InChI=1S/C25H31N5O2S/c1-18-13-21(28-17-27-18)22-15-20(25-26-6-12-33-25)5-7-30(22)9-8-29(2)16-19-3-4-23-24(14-19)32-11-10-31-23/h3-4,6,12-14,17,20,22H,5,7-11,15-16H2,1-2H3. The van der Waals surface area contributed by atoms with Crippen LogP contribution in [0.1, 0.15) is 46.8 Å². The highest BCUT2D eigenvalue weighted by atomic mass is 32.1. The fourth-order valence-electron chi connectivity index (χ4n) is 4.78. The van der Waals surface area contributed by atoms with Crippen LogP contribution in [0, 0.1) is 6.92 Å². The number of hydrogen-bond donors (Lipinski definition) is 0. The molecule has 2 aromatic heterocycles. The molecule has 7 nitrogen and oxygen atoms in total. The number of aromatic nitrogens is 3. The average molecular weight is 466 g/mol. The summed E-state index contributed by atoms with van der Waals surface area (Å²) in [7, 11) is 2.18. The van der Waals surface area contributed by atoms with Gasteiger partial charge in [-0.05, 0) is 57.1 Å². The first kappa shape index (κ1) is 22.3. The number of rotatable bonds is 7. The molecule has 2 atom stereocenters. The Balaban J connectivity index is 1.24. The molecular weight excluding hydrogens is 434 g/mol. The number of hydrogen-bond acceptors (Lipinski definition) is 8. The third-order valence-electron chi connectivity index (χ3n) is 6.51. The molecule has 0 amide bonds. The first-order valence-corrected chi connectivity index (χ1v) is 12.5. The predicted molar refractivity (Wildman–Crippen MR) is 129 cm³/mol. The Hall–Kier alpha value is -2.55. The minimum absolute atomic E-state index is 0.289. The average Bonchev–Trinajstić information content (AvgIpc) is 3.38. The van der Waals surface area contributed by atoms with Crippen LogP contribution in [0.3, 0.4) is 0 Å². The van der Waals surface area contributed by atoms with Crippen molar-refractivity contribution in [2.45, 2.75) is 38.3 Å². The number of thiazole rings is 1. The maximum atomic E-state index is 5.75. The Kier molecular flexibility index (Phi) is 6.85. The van der Waals surface area contributed by atoms with E-state index in [9.17, 15) is 0 Å². The van der Waals surface area contributed by atoms with Gasteiger partial charge < -0.3 is 14.4 Å². The Morgan fingerprint density at radius 1 is 1.12 bits per heavy atom. The molecule has 1 fully saturated rings. The Bertz CT molecular complexity index is 1060. The number of nitrogens with zero attached hydrogens (tertiary/aromatic N) is 5. The molecule has 0 saturated carbocycles. The summed E-state index contributed by atoms with van der Waals surface area (Å²) in [5.41, 5.74) is 3.39. The van der Waals surface area contributed by atoms with Crippen molar-refractivity contribution in [2.24, 2.45) is 0 Å². The fraction of sp³-hybridized carbons (Fsp3) is 0.480. The highest BCUT2D eigenvalue weighted by molar-refractivity contribution is 7.09. The Morgan fingerprint density at radius 2 is 2.00 bits per heavy atom. The molecule has 33 heavy (non-hydrogen) atoms. The Morgan fingerprint density at radius 3 is 2.82 bits per heavy atom. The molecule has 0 aliphatic carbocycles. The highest BCUT2D eigenvalue weighted by Gasteiger charge is 2.32. The molecule has 1 aromatic carbocycles. The summed E-state index contributed by atoms with van der Waals surface area (Å²) in [6.45, 7) is 7.19. The number of ether oxygens (including phenoxy) is 2. The number of likely N-dealkylation sites (tertiary alicyclic amines) is 1. The fourth-order valence-corrected chi connectivity index (χ4v) is 5.57. The number of piperidine rings is 1. The van der Waals surface area contributed by atoms with E-state index in [1.54, 1.807) is 17.7 Å². The molecule has 0 N–H and O–H groups in total. The highest BCUT2D eigenvalue weighted by Crippen LogP contribution is 2.39. The summed E-state index contributed by atoms with van der Waals surface area (Å²) in [4.78, 5) is 18.5. The van der Waals surface area contributed by atoms with Gasteiger partial charge in [0.05, 0.1) is 16.7 Å². The topological polar surface area (TPSA) is 63.6 Å². The lowest BCUT2D eigenvalue weighted by molar-refractivity contribution is 0.116. The van der Waals surface area contributed by atoms with Gasteiger partial charge in [0.1, 0.15) is 19.5 Å². The number of aryl methyl sites for hydroxylation is 1. The summed E-state index contributed by atoms with van der Waals surface area (Å²) in [6, 6.07) is 8.69. The van der Waals surface area contributed by atoms with Crippen molar-refractivity contribution in [3.05, 3.63) is 64.1 Å². The van der Waals surface area contributed by atoms with E-state index < -0.39 is 0 Å². The normalized spacial score (nSPS) is 20.8. The zero-order valence-corrected chi connectivity index (χ0v) is 20.1. The monoisotopic (exact) mass is 465 g/mol. The van der Waals surface area contributed by atoms with Gasteiger partial charge in [0.2, 0.25) is 0 Å². The summed E-state index contributed by atoms with van der Waals surface area (Å²) in [5, 5.41) is 3.33. The molecule has 3 aromatic rings. The van der Waals surface area contributed by atoms with Crippen LogP contribution >= 0.6 is 11.3 Å². The van der Waals surface area contributed by atoms with E-state index >= 15 is 0 Å². The summed E-state index contributed by atoms with van der Waals surface area (Å²) in [5.74, 6) is 2.20. The van der Waals surface area contributed by atoms with Crippen LogP contribution in [0.5, 0.6) is 11.5 Å². The van der Waals surface area contributed by atoms with E-state index in [0.717, 1.165) is 61.9 Å². The lowest BCUT2D eigenvalue weighted by atomic mass is 9.89. The molecule has 2 unspecified atom stereocenters. The van der Waals surface area contributed by atoms with Gasteiger partial charge in [-0.3, -0.25) is 4.90 Å². The van der Waals surface area contributed by atoms with Crippen molar-refractivity contribution < 1.29 is 9.47 Å². The summed E-state index contributed by atoms with van der Waals surface area (Å²) < 4.78 is 11.4. The second-order valence-corrected chi connectivity index (χ2v) is 9.87. The van der Waals surface area contributed by atoms with Crippen molar-refractivity contribution >= 4 is 11.3 Å². The minimum Gasteiger partial charge on any atom is -0.486 e. The van der Waals surface area contributed by atoms with Gasteiger partial charge in [-0.2, -0.15) is 0 Å². The lowest BCUT2D eigenvalue weighted by Crippen LogP contribution is -2.40. The molecule has 174 valence electrons. The second-order valence-electron chi connectivity index (χ2n) is 8.94. The second kappa shape index (κ2) is 10.2. The quantitative estimate of drug-likeness (QED) is 0.521. The SMILES string of the molecule is Cc1cc(C2CC(c3nccs3)CCN2CCN(C)Cc2ccc3c(c2)OCCO3)ncn1. The van der Waals surface area contributed by atoms with Crippen molar-refractivity contribution in [1.29, 1.82) is 0 Å². The molecule has 1 saturated heterocycles. The molecular formula is C25H31N5O2S. The summed E-state index contributed by atoms with van der Waals surface area (Å²) >= 11 is 1.77. The first-order valence-electron chi connectivity index (χ1n) is 11.6. The molecule has 0 spiro atoms. The van der Waals surface area contributed by atoms with Crippen LogP contribution in [-0.4, -0.2) is 64.6 Å². The summed E-state index contributed by atoms with van der Waals surface area (Å²) in [6.07, 6.45) is 5.81. The van der Waals surface area contributed by atoms with E-state index in [1.165, 1.54) is 10.6 Å². The van der Waals surface area contributed by atoms with Crippen LogP contribution in [0.25, 0.3) is 0 Å². The van der Waals surface area contributed by atoms with Crippen LogP contribution < -0.4 is 9.47 Å². The molecule has 5 rings (SSSR count). The van der Waals surface area contributed by atoms with Crippen molar-refractivity contribution in [3.8, 4) is 11.5 Å². The molecule has 8 heteroatoms. The van der Waals surface area contributed by atoms with Gasteiger partial charge in [-0.15, -0.1) is 11.3 Å². The first-order chi connectivity index (χ1) is 16.2. The largest absolute Gasteiger partial charge is 0.486 e. The lowest BCUT2D eigenvalue weighted by Gasteiger charge is -2.39. The zero-order chi connectivity index (χ0) is 22.6. The Labute approximate surface area is 199 Å². The smallest absolute Gasteiger partial charge is 0.161 e. The molecule has 4 heterocycles. The van der Waals surface area contributed by atoms with Gasteiger partial charge in [0.15, 0.2) is 11.5 Å². The van der Waals surface area contributed by atoms with Crippen molar-refractivity contribution in [2.75, 3.05) is 39.9 Å². The van der Waals surface area contributed by atoms with Gasteiger partial charge >= 0.3 is 0 Å². The maximum Gasteiger partial charge on any atom is 0.161 e.